The van der Waals surface area contributed by atoms with E-state index in [1.807, 2.05) is 29.8 Å². The van der Waals surface area contributed by atoms with Gasteiger partial charge >= 0.3 is 12.2 Å². The van der Waals surface area contributed by atoms with Crippen molar-refractivity contribution in [3.63, 3.8) is 0 Å². The minimum atomic E-state index is -0.691. The third kappa shape index (κ3) is 7.68. The van der Waals surface area contributed by atoms with Crippen molar-refractivity contribution in [3.05, 3.63) is 72.4 Å². The predicted molar refractivity (Wildman–Crippen MR) is 228 cm³/mol. The molecule has 320 valence electrons. The van der Waals surface area contributed by atoms with E-state index in [0.29, 0.717) is 38.5 Å². The van der Waals surface area contributed by atoms with Gasteiger partial charge in [-0.1, -0.05) is 56.3 Å². The summed E-state index contributed by atoms with van der Waals surface area (Å²) in [6.45, 7) is 5.57. The molecule has 5 aromatic rings. The molecule has 61 heavy (non-hydrogen) atoms. The number of aromatic nitrogens is 4. The number of nitrogens with zero attached hydrogens (tertiary/aromatic N) is 4. The lowest BCUT2D eigenvalue weighted by molar-refractivity contribution is -0.139. The zero-order chi connectivity index (χ0) is 42.4. The van der Waals surface area contributed by atoms with Crippen molar-refractivity contribution in [1.29, 1.82) is 0 Å². The van der Waals surface area contributed by atoms with Gasteiger partial charge in [0.1, 0.15) is 23.7 Å². The van der Waals surface area contributed by atoms with Gasteiger partial charge in [-0.2, -0.15) is 0 Å². The quantitative estimate of drug-likeness (QED) is 0.115. The Labute approximate surface area is 354 Å². The average molecular weight is 831 g/mol. The fourth-order valence-corrected chi connectivity index (χ4v) is 10.3. The molecule has 4 aliphatic rings. The van der Waals surface area contributed by atoms with E-state index in [1.54, 1.807) is 0 Å². The lowest BCUT2D eigenvalue weighted by Crippen LogP contribution is -2.54. The van der Waals surface area contributed by atoms with Gasteiger partial charge in [0.2, 0.25) is 11.8 Å². The second-order valence-corrected chi connectivity index (χ2v) is 17.3. The molecule has 9 rings (SSSR count). The number of nitrogens with one attached hydrogen (secondary N) is 4. The number of alkyl carbamates (subject to hydrolysis) is 2. The summed E-state index contributed by atoms with van der Waals surface area (Å²) in [4.78, 5) is 73.4. The van der Waals surface area contributed by atoms with Crippen molar-refractivity contribution in [3.8, 4) is 22.4 Å². The summed E-state index contributed by atoms with van der Waals surface area (Å²) in [5.74, 6) is 1.47. The molecule has 3 saturated heterocycles. The fraction of sp³-hybridized carbons (Fsp3) is 0.478. The van der Waals surface area contributed by atoms with Crippen LogP contribution in [0.1, 0.15) is 82.5 Å². The summed E-state index contributed by atoms with van der Waals surface area (Å²) in [6, 6.07) is 17.3. The van der Waals surface area contributed by atoms with Crippen LogP contribution in [-0.4, -0.2) is 106 Å². The van der Waals surface area contributed by atoms with Gasteiger partial charge in [0, 0.05) is 31.2 Å². The molecular formula is C46H54N8O7. The van der Waals surface area contributed by atoms with Gasteiger partial charge in [-0.15, -0.1) is 0 Å². The number of amides is 4. The summed E-state index contributed by atoms with van der Waals surface area (Å²) < 4.78 is 15.3. The highest BCUT2D eigenvalue weighted by atomic mass is 16.5. The zero-order valence-electron chi connectivity index (χ0n) is 35.1. The molecule has 4 N–H and O–H groups in total. The third-order valence-electron chi connectivity index (χ3n) is 13.4. The second kappa shape index (κ2) is 16.8. The highest BCUT2D eigenvalue weighted by Gasteiger charge is 2.51. The molecule has 1 aliphatic carbocycles. The van der Waals surface area contributed by atoms with E-state index >= 15 is 0 Å². The molecule has 15 heteroatoms. The maximum atomic E-state index is 14.1. The van der Waals surface area contributed by atoms with Crippen molar-refractivity contribution in [2.45, 2.75) is 89.0 Å². The maximum absolute atomic E-state index is 14.1. The highest BCUT2D eigenvalue weighted by molar-refractivity contribution is 6.05. The Kier molecular flexibility index (Phi) is 11.2. The number of likely N-dealkylation sites (tertiary alicyclic amines) is 2. The average Bonchev–Trinajstić information content (AvgIpc) is 4.15. The monoisotopic (exact) mass is 830 g/mol. The SMILES string of the molecule is COC(=O)NC(C(=O)N1C2CCC(C2)C1c1nc2c(ccc3cc(-c4ccc(-c5cnc(C6CCCN6C(=O)C(NC(=O)OC)C6CCOCC6)[nH]5)cc4)ccc32)[nH]1)C(C)C. The molecule has 1 saturated carbocycles. The van der Waals surface area contributed by atoms with Gasteiger partial charge in [-0.25, -0.2) is 19.6 Å². The number of rotatable bonds is 10. The molecule has 2 bridgehead atoms. The molecule has 0 spiro atoms. The number of methoxy groups -OCH3 is 2. The van der Waals surface area contributed by atoms with Gasteiger partial charge in [0.05, 0.1) is 49.2 Å². The number of H-pyrrole nitrogens is 2. The van der Waals surface area contributed by atoms with E-state index in [1.165, 1.54) is 14.2 Å². The zero-order valence-corrected chi connectivity index (χ0v) is 35.1. The number of fused-ring (bicyclic) bond motifs is 5. The van der Waals surface area contributed by atoms with Crippen LogP contribution >= 0.6 is 0 Å². The lowest BCUT2D eigenvalue weighted by atomic mass is 9.90. The molecule has 5 heterocycles. The van der Waals surface area contributed by atoms with Gasteiger partial charge in [-0.05, 0) is 96.9 Å². The Morgan fingerprint density at radius 2 is 1.56 bits per heavy atom. The standard InChI is InChI=1S/C46H54N8O7/c1-25(2)37(51-45(57)59-3)44(56)54-32-14-11-31(23-32)40(54)42-48-34-16-13-30-22-29(12-15-33(30)39(34)50-42)26-7-9-27(10-8-26)35-24-47-41(49-35)36-6-5-19-53(36)43(55)38(52-46(58)60-4)28-17-20-61-21-18-28/h7-10,12-13,15-16,22,24-25,28,31-32,36-38,40H,5-6,11,14,17-21,23H2,1-4H3,(H,47,49)(H,48,50)(H,51,57)(H,52,58). The molecule has 4 fully saturated rings. The first kappa shape index (κ1) is 40.4. The molecule has 3 aliphatic heterocycles. The van der Waals surface area contributed by atoms with Crippen LogP contribution in [0, 0.1) is 17.8 Å². The number of benzene rings is 3. The first-order valence-corrected chi connectivity index (χ1v) is 21.6. The minimum Gasteiger partial charge on any atom is -0.453 e. The molecule has 0 radical (unpaired) electrons. The number of hydrogen-bond donors (Lipinski definition) is 4. The molecule has 15 nitrogen and oxygen atoms in total. The number of carbonyl (C=O) groups is 4. The molecule has 4 amide bonds. The van der Waals surface area contributed by atoms with Crippen LogP contribution in [0.3, 0.4) is 0 Å². The van der Waals surface area contributed by atoms with Gasteiger partial charge in [0.25, 0.3) is 0 Å². The summed E-state index contributed by atoms with van der Waals surface area (Å²) in [6.07, 6.45) is 6.51. The van der Waals surface area contributed by atoms with E-state index in [4.69, 9.17) is 24.2 Å². The fourth-order valence-electron chi connectivity index (χ4n) is 10.3. The number of ether oxygens (including phenoxy) is 3. The predicted octanol–water partition coefficient (Wildman–Crippen LogP) is 7.02. The Bertz CT molecular complexity index is 2440. The van der Waals surface area contributed by atoms with Crippen molar-refractivity contribution in [2.75, 3.05) is 34.0 Å². The van der Waals surface area contributed by atoms with Crippen LogP contribution in [0.2, 0.25) is 0 Å². The van der Waals surface area contributed by atoms with Crippen LogP contribution in [0.15, 0.2) is 60.8 Å². The van der Waals surface area contributed by atoms with Crippen molar-refractivity contribution in [2.24, 2.45) is 17.8 Å². The number of aromatic amines is 2. The van der Waals surface area contributed by atoms with Gasteiger partial charge < -0.3 is 44.6 Å². The second-order valence-electron chi connectivity index (χ2n) is 17.3. The van der Waals surface area contributed by atoms with E-state index in [0.717, 1.165) is 87.9 Å². The Hall–Kier alpha value is -5.96. The smallest absolute Gasteiger partial charge is 0.407 e. The van der Waals surface area contributed by atoms with E-state index in [2.05, 4.69) is 75.2 Å². The molecule has 6 atom stereocenters. The van der Waals surface area contributed by atoms with Crippen LogP contribution < -0.4 is 10.6 Å². The van der Waals surface area contributed by atoms with Crippen molar-refractivity contribution in [1.82, 2.24) is 40.4 Å². The molecule has 2 aromatic heterocycles. The Morgan fingerprint density at radius 3 is 2.31 bits per heavy atom. The maximum Gasteiger partial charge on any atom is 0.407 e. The number of hydrogen-bond acceptors (Lipinski definition) is 9. The molecular weight excluding hydrogens is 777 g/mol. The van der Waals surface area contributed by atoms with Gasteiger partial charge in [-0.3, -0.25) is 9.59 Å². The summed E-state index contributed by atoms with van der Waals surface area (Å²) in [7, 11) is 2.62. The van der Waals surface area contributed by atoms with Gasteiger partial charge in [0.15, 0.2) is 0 Å². The number of imidazole rings is 2. The highest BCUT2D eigenvalue weighted by Crippen LogP contribution is 2.50. The number of carbonyl (C=O) groups excluding carboxylic acids is 4. The van der Waals surface area contributed by atoms with E-state index < -0.39 is 24.3 Å². The number of piperidine rings is 1. The first-order chi connectivity index (χ1) is 29.6. The summed E-state index contributed by atoms with van der Waals surface area (Å²) >= 11 is 0. The van der Waals surface area contributed by atoms with Crippen molar-refractivity contribution < 1.29 is 33.4 Å². The third-order valence-corrected chi connectivity index (χ3v) is 13.4. The summed E-state index contributed by atoms with van der Waals surface area (Å²) in [5, 5.41) is 7.68. The minimum absolute atomic E-state index is 0.0291. The topological polar surface area (TPSA) is 184 Å². The normalized spacial score (nSPS) is 22.5. The Balaban J connectivity index is 0.918. The van der Waals surface area contributed by atoms with Crippen LogP contribution in [0.5, 0.6) is 0 Å². The van der Waals surface area contributed by atoms with E-state index in [-0.39, 0.29) is 41.8 Å². The Morgan fingerprint density at radius 1 is 0.820 bits per heavy atom. The van der Waals surface area contributed by atoms with Crippen LogP contribution in [0.25, 0.3) is 44.2 Å². The van der Waals surface area contributed by atoms with Crippen molar-refractivity contribution >= 4 is 45.8 Å². The van der Waals surface area contributed by atoms with Crippen LogP contribution in [-0.2, 0) is 23.8 Å². The molecule has 6 unspecified atom stereocenters. The van der Waals surface area contributed by atoms with Crippen LogP contribution in [0.4, 0.5) is 9.59 Å². The largest absolute Gasteiger partial charge is 0.453 e. The molecule has 3 aromatic carbocycles. The lowest BCUT2D eigenvalue weighted by Gasteiger charge is -2.37. The van der Waals surface area contributed by atoms with E-state index in [9.17, 15) is 19.2 Å². The first-order valence-electron chi connectivity index (χ1n) is 21.6. The summed E-state index contributed by atoms with van der Waals surface area (Å²) in [5.41, 5.74) is 5.76.